The van der Waals surface area contributed by atoms with E-state index in [9.17, 15) is 18.0 Å². The van der Waals surface area contributed by atoms with Gasteiger partial charge in [0, 0.05) is 29.4 Å². The SMILES string of the molecule is CCCC(CNCc1cccc(SC(F)(F)F)c1)CNc1cc(=O)c2ccccc2[nH]1. The van der Waals surface area contributed by atoms with E-state index in [1.54, 1.807) is 24.3 Å². The normalized spacial score (nSPS) is 12.8. The minimum atomic E-state index is -4.28. The van der Waals surface area contributed by atoms with Gasteiger partial charge in [-0.05, 0) is 60.5 Å². The highest BCUT2D eigenvalue weighted by Crippen LogP contribution is 2.36. The Labute approximate surface area is 183 Å². The number of H-pyrrole nitrogens is 1. The van der Waals surface area contributed by atoms with Crippen LogP contribution in [0.15, 0.2) is 64.3 Å². The number of aromatic amines is 1. The summed E-state index contributed by atoms with van der Waals surface area (Å²) < 4.78 is 37.7. The molecule has 1 aromatic heterocycles. The Morgan fingerprint density at radius 1 is 1.06 bits per heavy atom. The zero-order valence-corrected chi connectivity index (χ0v) is 18.1. The molecule has 0 bridgehead atoms. The van der Waals surface area contributed by atoms with Gasteiger partial charge in [0.2, 0.25) is 0 Å². The van der Waals surface area contributed by atoms with E-state index in [0.29, 0.717) is 30.2 Å². The molecule has 0 aliphatic carbocycles. The maximum atomic E-state index is 12.6. The minimum absolute atomic E-state index is 0.0291. The molecule has 166 valence electrons. The molecule has 4 nitrogen and oxygen atoms in total. The van der Waals surface area contributed by atoms with Gasteiger partial charge in [-0.15, -0.1) is 0 Å². The van der Waals surface area contributed by atoms with Crippen LogP contribution in [0.2, 0.25) is 0 Å². The van der Waals surface area contributed by atoms with Crippen molar-refractivity contribution < 1.29 is 13.2 Å². The molecular weight excluding hydrogens is 423 g/mol. The molecule has 0 aliphatic rings. The van der Waals surface area contributed by atoms with Crippen molar-refractivity contribution in [1.82, 2.24) is 10.3 Å². The summed E-state index contributed by atoms with van der Waals surface area (Å²) >= 11 is -0.0964. The smallest absolute Gasteiger partial charge is 0.371 e. The Kier molecular flexibility index (Phi) is 8.03. The number of benzene rings is 2. The Morgan fingerprint density at radius 2 is 1.87 bits per heavy atom. The van der Waals surface area contributed by atoms with E-state index in [4.69, 9.17) is 0 Å². The molecule has 1 heterocycles. The molecule has 0 radical (unpaired) electrons. The van der Waals surface area contributed by atoms with Crippen molar-refractivity contribution in [3.63, 3.8) is 0 Å². The fraction of sp³-hybridized carbons (Fsp3) is 0.348. The van der Waals surface area contributed by atoms with E-state index in [2.05, 4.69) is 22.5 Å². The summed E-state index contributed by atoms with van der Waals surface area (Å²) in [6, 6.07) is 15.5. The van der Waals surface area contributed by atoms with Gasteiger partial charge < -0.3 is 15.6 Å². The number of nitrogens with one attached hydrogen (secondary N) is 3. The number of pyridine rings is 1. The van der Waals surface area contributed by atoms with Gasteiger partial charge in [0.05, 0.1) is 5.52 Å². The number of para-hydroxylation sites is 1. The molecule has 0 fully saturated rings. The van der Waals surface area contributed by atoms with Crippen molar-refractivity contribution in [3.8, 4) is 0 Å². The predicted octanol–water partition coefficient (Wildman–Crippen LogP) is 5.76. The van der Waals surface area contributed by atoms with Gasteiger partial charge in [0.1, 0.15) is 5.82 Å². The molecule has 0 saturated carbocycles. The summed E-state index contributed by atoms with van der Waals surface area (Å²) in [6.07, 6.45) is 2.00. The van der Waals surface area contributed by atoms with Crippen LogP contribution in [-0.2, 0) is 6.54 Å². The molecule has 0 amide bonds. The van der Waals surface area contributed by atoms with Gasteiger partial charge >= 0.3 is 5.51 Å². The molecule has 1 unspecified atom stereocenters. The zero-order chi connectivity index (χ0) is 22.3. The third kappa shape index (κ3) is 7.33. The molecule has 31 heavy (non-hydrogen) atoms. The van der Waals surface area contributed by atoms with E-state index in [1.807, 2.05) is 24.3 Å². The fourth-order valence-corrected chi connectivity index (χ4v) is 4.13. The quantitative estimate of drug-likeness (QED) is 0.345. The molecule has 8 heteroatoms. The van der Waals surface area contributed by atoms with Crippen LogP contribution in [0.5, 0.6) is 0 Å². The number of alkyl halides is 3. The number of hydrogen-bond acceptors (Lipinski definition) is 4. The average Bonchev–Trinajstić information content (AvgIpc) is 2.71. The van der Waals surface area contributed by atoms with Gasteiger partial charge in [-0.1, -0.05) is 37.6 Å². The lowest BCUT2D eigenvalue weighted by atomic mass is 10.0. The number of halogens is 3. The number of hydrogen-bond donors (Lipinski definition) is 3. The van der Waals surface area contributed by atoms with Crippen LogP contribution in [-0.4, -0.2) is 23.6 Å². The van der Waals surface area contributed by atoms with Gasteiger partial charge in [0.25, 0.3) is 0 Å². The molecular formula is C23H26F3N3OS. The predicted molar refractivity (Wildman–Crippen MR) is 122 cm³/mol. The Hall–Kier alpha value is -2.45. The van der Waals surface area contributed by atoms with Gasteiger partial charge in [0.15, 0.2) is 5.43 Å². The van der Waals surface area contributed by atoms with Crippen molar-refractivity contribution in [1.29, 1.82) is 0 Å². The summed E-state index contributed by atoms with van der Waals surface area (Å²) in [5.74, 6) is 0.995. The highest BCUT2D eigenvalue weighted by molar-refractivity contribution is 8.00. The lowest BCUT2D eigenvalue weighted by Crippen LogP contribution is -2.28. The third-order valence-electron chi connectivity index (χ3n) is 4.91. The van der Waals surface area contributed by atoms with Crippen LogP contribution < -0.4 is 16.1 Å². The Balaban J connectivity index is 1.55. The maximum Gasteiger partial charge on any atom is 0.446 e. The van der Waals surface area contributed by atoms with Crippen molar-refractivity contribution in [2.24, 2.45) is 5.92 Å². The highest BCUT2D eigenvalue weighted by atomic mass is 32.2. The van der Waals surface area contributed by atoms with E-state index >= 15 is 0 Å². The number of thioether (sulfide) groups is 1. The number of anilines is 1. The number of rotatable bonds is 10. The van der Waals surface area contributed by atoms with Crippen LogP contribution >= 0.6 is 11.8 Å². The van der Waals surface area contributed by atoms with Crippen molar-refractivity contribution >= 4 is 28.5 Å². The average molecular weight is 450 g/mol. The molecule has 3 rings (SSSR count). The summed E-state index contributed by atoms with van der Waals surface area (Å²) in [6.45, 7) is 4.01. The molecule has 0 aliphatic heterocycles. The van der Waals surface area contributed by atoms with Gasteiger partial charge in [-0.2, -0.15) is 13.2 Å². The minimum Gasteiger partial charge on any atom is -0.371 e. The zero-order valence-electron chi connectivity index (χ0n) is 17.3. The highest BCUT2D eigenvalue weighted by Gasteiger charge is 2.29. The number of fused-ring (bicyclic) bond motifs is 1. The Morgan fingerprint density at radius 3 is 2.65 bits per heavy atom. The monoisotopic (exact) mass is 449 g/mol. The third-order valence-corrected chi connectivity index (χ3v) is 5.63. The first-order chi connectivity index (χ1) is 14.8. The van der Waals surface area contributed by atoms with Crippen molar-refractivity contribution in [2.75, 3.05) is 18.4 Å². The summed E-state index contributed by atoms with van der Waals surface area (Å²) in [5.41, 5.74) is -2.71. The van der Waals surface area contributed by atoms with Crippen molar-refractivity contribution in [2.45, 2.75) is 36.7 Å². The van der Waals surface area contributed by atoms with Crippen LogP contribution in [0, 0.1) is 5.92 Å². The molecule has 0 spiro atoms. The number of aromatic nitrogens is 1. The second kappa shape index (κ2) is 10.7. The van der Waals surface area contributed by atoms with E-state index < -0.39 is 5.51 Å². The van der Waals surface area contributed by atoms with Gasteiger partial charge in [-0.3, -0.25) is 4.79 Å². The fourth-order valence-electron chi connectivity index (χ4n) is 3.50. The molecule has 3 aromatic rings. The molecule has 1 atom stereocenters. The van der Waals surface area contributed by atoms with E-state index in [1.165, 1.54) is 6.07 Å². The van der Waals surface area contributed by atoms with Crippen LogP contribution in [0.3, 0.4) is 0 Å². The summed E-state index contributed by atoms with van der Waals surface area (Å²) in [4.78, 5) is 15.7. The first kappa shape index (κ1) is 23.2. The first-order valence-electron chi connectivity index (χ1n) is 10.3. The van der Waals surface area contributed by atoms with Gasteiger partial charge in [-0.25, -0.2) is 0 Å². The van der Waals surface area contributed by atoms with E-state index in [0.717, 1.165) is 30.5 Å². The second-order valence-electron chi connectivity index (χ2n) is 7.45. The maximum absolute atomic E-state index is 12.6. The lowest BCUT2D eigenvalue weighted by Gasteiger charge is -2.19. The van der Waals surface area contributed by atoms with Crippen LogP contribution in [0.25, 0.3) is 10.9 Å². The largest absolute Gasteiger partial charge is 0.446 e. The lowest BCUT2D eigenvalue weighted by molar-refractivity contribution is -0.0328. The first-order valence-corrected chi connectivity index (χ1v) is 11.1. The van der Waals surface area contributed by atoms with Crippen LogP contribution in [0.4, 0.5) is 19.0 Å². The van der Waals surface area contributed by atoms with Crippen LogP contribution in [0.1, 0.15) is 25.3 Å². The van der Waals surface area contributed by atoms with E-state index in [-0.39, 0.29) is 22.1 Å². The standard InChI is InChI=1S/C23H26F3N3OS/c1-2-6-17(14-27-13-16-7-5-8-18(11-16)31-23(24,25)26)15-28-22-12-21(30)19-9-3-4-10-20(19)29-22/h3-5,7-12,17,27H,2,6,13-15H2,1H3,(H2,28,29,30). The molecule has 0 saturated heterocycles. The Bertz CT molecular complexity index is 1050. The van der Waals surface area contributed by atoms with Crippen molar-refractivity contribution in [3.05, 3.63) is 70.4 Å². The molecule has 3 N–H and O–H groups in total. The second-order valence-corrected chi connectivity index (χ2v) is 8.59. The topological polar surface area (TPSA) is 56.9 Å². The molecule has 2 aromatic carbocycles. The summed E-state index contributed by atoms with van der Waals surface area (Å²) in [7, 11) is 0. The summed E-state index contributed by atoms with van der Waals surface area (Å²) in [5, 5.41) is 7.33.